The van der Waals surface area contributed by atoms with E-state index >= 15 is 0 Å². The molecule has 9 heteroatoms. The van der Waals surface area contributed by atoms with Crippen LogP contribution in [0.1, 0.15) is 23.7 Å². The number of esters is 1. The molecule has 3 rings (SSSR count). The molecular weight excluding hydrogens is 394 g/mol. The fraction of sp³-hybridized carbons (Fsp3) is 0.381. The number of nitrogens with zero attached hydrogens (tertiary/aromatic N) is 3. The molecule has 0 atom stereocenters. The van der Waals surface area contributed by atoms with Gasteiger partial charge in [-0.25, -0.2) is 18.6 Å². The third-order valence-electron chi connectivity index (χ3n) is 4.74. The number of hydrogen-bond acceptors (Lipinski definition) is 6. The van der Waals surface area contributed by atoms with E-state index in [0.717, 1.165) is 37.0 Å². The zero-order valence-corrected chi connectivity index (χ0v) is 16.7. The quantitative estimate of drug-likeness (QED) is 0.727. The van der Waals surface area contributed by atoms with E-state index in [1.165, 1.54) is 6.20 Å². The van der Waals surface area contributed by atoms with Gasteiger partial charge < -0.3 is 15.0 Å². The number of rotatable bonds is 6. The van der Waals surface area contributed by atoms with E-state index in [1.54, 1.807) is 19.1 Å². The number of anilines is 2. The average molecular weight is 418 g/mol. The SMILES string of the molecule is CCOC(=O)c1ccc(N2CCCN(CC(=O)Nc3cc(F)ccc3F)CC2)nc1. The zero-order valence-electron chi connectivity index (χ0n) is 16.7. The molecule has 0 radical (unpaired) electrons. The lowest BCUT2D eigenvalue weighted by atomic mass is 10.2. The molecule has 1 aromatic heterocycles. The highest BCUT2D eigenvalue weighted by molar-refractivity contribution is 5.92. The van der Waals surface area contributed by atoms with Crippen LogP contribution in [0.15, 0.2) is 36.5 Å². The van der Waals surface area contributed by atoms with Gasteiger partial charge in [0.1, 0.15) is 17.5 Å². The Morgan fingerprint density at radius 1 is 1.13 bits per heavy atom. The first-order valence-electron chi connectivity index (χ1n) is 9.81. The maximum absolute atomic E-state index is 13.7. The van der Waals surface area contributed by atoms with Crippen molar-refractivity contribution in [1.29, 1.82) is 0 Å². The number of hydrogen-bond donors (Lipinski definition) is 1. The second kappa shape index (κ2) is 10.1. The number of benzene rings is 1. The number of halogens is 2. The van der Waals surface area contributed by atoms with Crippen molar-refractivity contribution in [3.05, 3.63) is 53.7 Å². The van der Waals surface area contributed by atoms with E-state index in [4.69, 9.17) is 4.74 Å². The van der Waals surface area contributed by atoms with Crippen LogP contribution in [0.2, 0.25) is 0 Å². The van der Waals surface area contributed by atoms with Crippen molar-refractivity contribution in [2.75, 3.05) is 49.5 Å². The lowest BCUT2D eigenvalue weighted by Crippen LogP contribution is -2.36. The van der Waals surface area contributed by atoms with Crippen molar-refractivity contribution in [3.8, 4) is 0 Å². The number of pyridine rings is 1. The molecule has 2 aromatic rings. The number of carbonyl (C=O) groups is 2. The molecule has 1 amide bonds. The van der Waals surface area contributed by atoms with Crippen LogP contribution in [0.3, 0.4) is 0 Å². The van der Waals surface area contributed by atoms with E-state index in [-0.39, 0.29) is 12.2 Å². The summed E-state index contributed by atoms with van der Waals surface area (Å²) in [6, 6.07) is 6.41. The first-order chi connectivity index (χ1) is 14.5. The van der Waals surface area contributed by atoms with E-state index < -0.39 is 23.5 Å². The molecule has 160 valence electrons. The summed E-state index contributed by atoms with van der Waals surface area (Å²) in [6.07, 6.45) is 2.31. The fourth-order valence-corrected chi connectivity index (χ4v) is 3.25. The number of ether oxygens (including phenoxy) is 1. The van der Waals surface area contributed by atoms with Crippen molar-refractivity contribution in [3.63, 3.8) is 0 Å². The third kappa shape index (κ3) is 5.73. The van der Waals surface area contributed by atoms with Crippen molar-refractivity contribution in [2.24, 2.45) is 0 Å². The summed E-state index contributed by atoms with van der Waals surface area (Å²) in [7, 11) is 0. The summed E-state index contributed by atoms with van der Waals surface area (Å²) >= 11 is 0. The smallest absolute Gasteiger partial charge is 0.339 e. The molecule has 2 heterocycles. The van der Waals surface area contributed by atoms with Crippen LogP contribution < -0.4 is 10.2 Å². The molecule has 0 bridgehead atoms. The first-order valence-corrected chi connectivity index (χ1v) is 9.81. The van der Waals surface area contributed by atoms with Gasteiger partial charge in [-0.2, -0.15) is 0 Å². The van der Waals surface area contributed by atoms with Gasteiger partial charge in [0, 0.05) is 38.4 Å². The monoisotopic (exact) mass is 418 g/mol. The number of carbonyl (C=O) groups excluding carboxylic acids is 2. The van der Waals surface area contributed by atoms with Crippen molar-refractivity contribution in [2.45, 2.75) is 13.3 Å². The molecular formula is C21H24F2N4O3. The minimum atomic E-state index is -0.677. The van der Waals surface area contributed by atoms with Crippen LogP contribution in [0.5, 0.6) is 0 Å². The summed E-state index contributed by atoms with van der Waals surface area (Å²) in [5, 5.41) is 2.42. The van der Waals surface area contributed by atoms with Crippen LogP contribution in [-0.4, -0.2) is 61.1 Å². The van der Waals surface area contributed by atoms with E-state index in [9.17, 15) is 18.4 Å². The standard InChI is InChI=1S/C21H24F2N4O3/c1-2-30-21(29)15-4-7-19(24-13-15)27-9-3-8-26(10-11-27)14-20(28)25-18-12-16(22)5-6-17(18)23/h4-7,12-13H,2-3,8-11,14H2,1H3,(H,25,28). The first kappa shape index (κ1) is 21.6. The van der Waals surface area contributed by atoms with Crippen LogP contribution in [0, 0.1) is 11.6 Å². The van der Waals surface area contributed by atoms with Crippen molar-refractivity contribution in [1.82, 2.24) is 9.88 Å². The van der Waals surface area contributed by atoms with E-state index in [1.807, 2.05) is 4.90 Å². The summed E-state index contributed by atoms with van der Waals surface area (Å²) in [5.41, 5.74) is 0.237. The Labute approximate surface area is 173 Å². The van der Waals surface area contributed by atoms with Gasteiger partial charge in [-0.1, -0.05) is 0 Å². The van der Waals surface area contributed by atoms with Crippen LogP contribution in [0.25, 0.3) is 0 Å². The van der Waals surface area contributed by atoms with Gasteiger partial charge in [-0.05, 0) is 37.6 Å². The van der Waals surface area contributed by atoms with Crippen molar-refractivity contribution >= 4 is 23.4 Å². The predicted molar refractivity (Wildman–Crippen MR) is 108 cm³/mol. The number of nitrogens with one attached hydrogen (secondary N) is 1. The molecule has 1 N–H and O–H groups in total. The van der Waals surface area contributed by atoms with Gasteiger partial charge in [0.2, 0.25) is 5.91 Å². The second-order valence-corrected chi connectivity index (χ2v) is 6.91. The fourth-order valence-electron chi connectivity index (χ4n) is 3.25. The van der Waals surface area contributed by atoms with Gasteiger partial charge in [0.05, 0.1) is 24.4 Å². The Kier molecular flexibility index (Phi) is 7.29. The molecule has 0 saturated carbocycles. The maximum Gasteiger partial charge on any atom is 0.339 e. The molecule has 0 aliphatic carbocycles. The highest BCUT2D eigenvalue weighted by atomic mass is 19.1. The van der Waals surface area contributed by atoms with Crippen LogP contribution >= 0.6 is 0 Å². The van der Waals surface area contributed by atoms with Crippen molar-refractivity contribution < 1.29 is 23.1 Å². The molecule has 1 aromatic carbocycles. The van der Waals surface area contributed by atoms with Gasteiger partial charge >= 0.3 is 5.97 Å². The largest absolute Gasteiger partial charge is 0.462 e. The minimum absolute atomic E-state index is 0.0824. The highest BCUT2D eigenvalue weighted by Crippen LogP contribution is 2.17. The summed E-state index contributed by atoms with van der Waals surface area (Å²) in [6.45, 7) is 4.84. The Balaban J connectivity index is 1.54. The van der Waals surface area contributed by atoms with Crippen LogP contribution in [0.4, 0.5) is 20.3 Å². The van der Waals surface area contributed by atoms with Crippen LogP contribution in [-0.2, 0) is 9.53 Å². The molecule has 1 aliphatic heterocycles. The Hall–Kier alpha value is -3.07. The number of amides is 1. The normalized spacial score (nSPS) is 14.8. The molecule has 0 unspecified atom stereocenters. The predicted octanol–water partition coefficient (Wildman–Crippen LogP) is 2.69. The molecule has 1 fully saturated rings. The Morgan fingerprint density at radius 3 is 2.70 bits per heavy atom. The summed E-state index contributed by atoms with van der Waals surface area (Å²) in [5.74, 6) is -1.34. The lowest BCUT2D eigenvalue weighted by molar-refractivity contribution is -0.117. The van der Waals surface area contributed by atoms with Gasteiger partial charge in [0.15, 0.2) is 0 Å². The number of aromatic nitrogens is 1. The van der Waals surface area contributed by atoms with E-state index in [2.05, 4.69) is 15.2 Å². The molecule has 30 heavy (non-hydrogen) atoms. The highest BCUT2D eigenvalue weighted by Gasteiger charge is 2.19. The Morgan fingerprint density at radius 2 is 1.97 bits per heavy atom. The molecule has 0 spiro atoms. The molecule has 1 aliphatic rings. The third-order valence-corrected chi connectivity index (χ3v) is 4.74. The maximum atomic E-state index is 13.7. The van der Waals surface area contributed by atoms with Gasteiger partial charge in [-0.15, -0.1) is 0 Å². The Bertz CT molecular complexity index is 892. The second-order valence-electron chi connectivity index (χ2n) is 6.91. The lowest BCUT2D eigenvalue weighted by Gasteiger charge is -2.22. The summed E-state index contributed by atoms with van der Waals surface area (Å²) < 4.78 is 31.9. The average Bonchev–Trinajstić information content (AvgIpc) is 2.96. The molecule has 7 nitrogen and oxygen atoms in total. The van der Waals surface area contributed by atoms with Gasteiger partial charge in [0.25, 0.3) is 0 Å². The topological polar surface area (TPSA) is 74.8 Å². The zero-order chi connectivity index (χ0) is 21.5. The summed E-state index contributed by atoms with van der Waals surface area (Å²) in [4.78, 5) is 32.4. The van der Waals surface area contributed by atoms with E-state index in [0.29, 0.717) is 31.8 Å². The molecule has 1 saturated heterocycles. The van der Waals surface area contributed by atoms with Gasteiger partial charge in [-0.3, -0.25) is 9.69 Å². The minimum Gasteiger partial charge on any atom is -0.462 e.